The van der Waals surface area contributed by atoms with Crippen LogP contribution >= 0.6 is 11.3 Å². The van der Waals surface area contributed by atoms with Gasteiger partial charge in [0.25, 0.3) is 5.91 Å². The van der Waals surface area contributed by atoms with E-state index in [-0.39, 0.29) is 5.91 Å². The summed E-state index contributed by atoms with van der Waals surface area (Å²) in [6.07, 6.45) is 0. The Balaban J connectivity index is 2.25. The first kappa shape index (κ1) is 13.7. The van der Waals surface area contributed by atoms with Crippen molar-refractivity contribution in [3.63, 3.8) is 0 Å². The Morgan fingerprint density at radius 2 is 1.84 bits per heavy atom. The molecule has 100 valence electrons. The molecule has 0 atom stereocenters. The molecule has 0 unspecified atom stereocenters. The predicted octanol–water partition coefficient (Wildman–Crippen LogP) is 3.64. The molecule has 0 spiro atoms. The Morgan fingerprint density at radius 1 is 1.21 bits per heavy atom. The van der Waals surface area contributed by atoms with Crippen LogP contribution in [0.5, 0.6) is 0 Å². The van der Waals surface area contributed by atoms with Crippen molar-refractivity contribution in [2.75, 3.05) is 14.1 Å². The van der Waals surface area contributed by atoms with Crippen molar-refractivity contribution in [1.82, 2.24) is 9.88 Å². The van der Waals surface area contributed by atoms with E-state index in [4.69, 9.17) is 0 Å². The van der Waals surface area contributed by atoms with Gasteiger partial charge in [0.15, 0.2) is 0 Å². The van der Waals surface area contributed by atoms with Crippen LogP contribution < -0.4 is 0 Å². The van der Waals surface area contributed by atoms with E-state index < -0.39 is 0 Å². The van der Waals surface area contributed by atoms with Crippen LogP contribution in [0.3, 0.4) is 0 Å². The lowest BCUT2D eigenvalue weighted by molar-refractivity contribution is 0.0823. The second-order valence-corrected chi connectivity index (χ2v) is 5.87. The highest BCUT2D eigenvalue weighted by Crippen LogP contribution is 2.26. The molecular formula is C15H18N2OS. The Hall–Kier alpha value is -1.68. The molecule has 4 heteroatoms. The SMILES string of the molecule is CC(C)c1ccc(-c2nc(C(=O)N(C)C)cs2)cc1. The monoisotopic (exact) mass is 274 g/mol. The van der Waals surface area contributed by atoms with E-state index in [1.165, 1.54) is 16.9 Å². The topological polar surface area (TPSA) is 33.2 Å². The van der Waals surface area contributed by atoms with Crippen LogP contribution in [-0.4, -0.2) is 29.9 Å². The first-order valence-corrected chi connectivity index (χ1v) is 7.14. The summed E-state index contributed by atoms with van der Waals surface area (Å²) in [5, 5.41) is 2.70. The van der Waals surface area contributed by atoms with E-state index in [1.807, 2.05) is 5.38 Å². The van der Waals surface area contributed by atoms with E-state index in [0.29, 0.717) is 11.6 Å². The van der Waals surface area contributed by atoms with Gasteiger partial charge in [-0.2, -0.15) is 0 Å². The predicted molar refractivity (Wildman–Crippen MR) is 79.7 cm³/mol. The highest BCUT2D eigenvalue weighted by Gasteiger charge is 2.13. The lowest BCUT2D eigenvalue weighted by atomic mass is 10.0. The smallest absolute Gasteiger partial charge is 0.272 e. The number of hydrogen-bond acceptors (Lipinski definition) is 3. The Bertz CT molecular complexity index is 570. The van der Waals surface area contributed by atoms with Crippen molar-refractivity contribution >= 4 is 17.2 Å². The molecule has 1 aromatic carbocycles. The van der Waals surface area contributed by atoms with Crippen molar-refractivity contribution in [2.24, 2.45) is 0 Å². The van der Waals surface area contributed by atoms with Gasteiger partial charge in [0.05, 0.1) is 0 Å². The Kier molecular flexibility index (Phi) is 4.00. The fourth-order valence-electron chi connectivity index (χ4n) is 1.74. The summed E-state index contributed by atoms with van der Waals surface area (Å²) in [6.45, 7) is 4.35. The Labute approximate surface area is 117 Å². The van der Waals surface area contributed by atoms with Crippen LogP contribution in [0.1, 0.15) is 35.8 Å². The zero-order valence-electron chi connectivity index (χ0n) is 11.7. The molecule has 1 aromatic heterocycles. The molecule has 1 heterocycles. The van der Waals surface area contributed by atoms with Gasteiger partial charge in [0, 0.05) is 25.0 Å². The fraction of sp³-hybridized carbons (Fsp3) is 0.333. The van der Waals surface area contributed by atoms with Crippen LogP contribution in [-0.2, 0) is 0 Å². The highest BCUT2D eigenvalue weighted by molar-refractivity contribution is 7.13. The molecular weight excluding hydrogens is 256 g/mol. The first-order chi connectivity index (χ1) is 8.99. The van der Waals surface area contributed by atoms with E-state index >= 15 is 0 Å². The van der Waals surface area contributed by atoms with E-state index in [2.05, 4.69) is 43.1 Å². The van der Waals surface area contributed by atoms with Crippen LogP contribution in [0.4, 0.5) is 0 Å². The van der Waals surface area contributed by atoms with Gasteiger partial charge in [-0.1, -0.05) is 38.1 Å². The molecule has 19 heavy (non-hydrogen) atoms. The maximum atomic E-state index is 11.8. The van der Waals surface area contributed by atoms with Gasteiger partial charge in [-0.3, -0.25) is 4.79 Å². The standard InChI is InChI=1S/C15H18N2OS/c1-10(2)11-5-7-12(8-6-11)14-16-13(9-19-14)15(18)17(3)4/h5-10H,1-4H3. The third-order valence-electron chi connectivity index (χ3n) is 2.95. The highest BCUT2D eigenvalue weighted by atomic mass is 32.1. The lowest BCUT2D eigenvalue weighted by Crippen LogP contribution is -2.21. The average molecular weight is 274 g/mol. The number of hydrogen-bond donors (Lipinski definition) is 0. The molecule has 3 nitrogen and oxygen atoms in total. The van der Waals surface area contributed by atoms with E-state index in [1.54, 1.807) is 19.0 Å². The molecule has 0 fully saturated rings. The van der Waals surface area contributed by atoms with Crippen molar-refractivity contribution in [1.29, 1.82) is 0 Å². The summed E-state index contributed by atoms with van der Waals surface area (Å²) in [5.74, 6) is 0.470. The van der Waals surface area contributed by atoms with Gasteiger partial charge in [-0.25, -0.2) is 4.98 Å². The summed E-state index contributed by atoms with van der Waals surface area (Å²) in [6, 6.07) is 8.37. The van der Waals surface area contributed by atoms with Crippen LogP contribution in [0, 0.1) is 0 Å². The number of aromatic nitrogens is 1. The van der Waals surface area contributed by atoms with Crippen LogP contribution in [0.2, 0.25) is 0 Å². The minimum Gasteiger partial charge on any atom is -0.343 e. The third-order valence-corrected chi connectivity index (χ3v) is 3.85. The summed E-state index contributed by atoms with van der Waals surface area (Å²) in [5.41, 5.74) is 2.88. The molecule has 0 aliphatic rings. The minimum absolute atomic E-state index is 0.0544. The normalized spacial score (nSPS) is 10.8. The van der Waals surface area contributed by atoms with Crippen molar-refractivity contribution in [3.05, 3.63) is 40.9 Å². The summed E-state index contributed by atoms with van der Waals surface area (Å²) in [7, 11) is 3.47. The molecule has 0 aliphatic heterocycles. The maximum absolute atomic E-state index is 11.8. The number of rotatable bonds is 3. The summed E-state index contributed by atoms with van der Waals surface area (Å²) in [4.78, 5) is 17.7. The van der Waals surface area contributed by atoms with Gasteiger partial charge in [-0.05, 0) is 11.5 Å². The number of benzene rings is 1. The minimum atomic E-state index is -0.0544. The molecule has 0 radical (unpaired) electrons. The second-order valence-electron chi connectivity index (χ2n) is 5.01. The first-order valence-electron chi connectivity index (χ1n) is 6.26. The molecule has 1 amide bonds. The van der Waals surface area contributed by atoms with Crippen molar-refractivity contribution in [2.45, 2.75) is 19.8 Å². The summed E-state index contributed by atoms with van der Waals surface area (Å²) >= 11 is 1.50. The molecule has 0 saturated heterocycles. The zero-order chi connectivity index (χ0) is 14.0. The van der Waals surface area contributed by atoms with Crippen molar-refractivity contribution in [3.8, 4) is 10.6 Å². The van der Waals surface area contributed by atoms with Crippen LogP contribution in [0.15, 0.2) is 29.6 Å². The van der Waals surface area contributed by atoms with E-state index in [9.17, 15) is 4.79 Å². The van der Waals surface area contributed by atoms with Gasteiger partial charge in [0.2, 0.25) is 0 Å². The van der Waals surface area contributed by atoms with Gasteiger partial charge in [-0.15, -0.1) is 11.3 Å². The average Bonchev–Trinajstić information content (AvgIpc) is 2.87. The third kappa shape index (κ3) is 3.01. The second kappa shape index (κ2) is 5.53. The number of thiazole rings is 1. The number of carbonyl (C=O) groups excluding carboxylic acids is 1. The molecule has 2 rings (SSSR count). The largest absolute Gasteiger partial charge is 0.343 e. The summed E-state index contributed by atoms with van der Waals surface area (Å²) < 4.78 is 0. The molecule has 0 aliphatic carbocycles. The number of nitrogens with zero attached hydrogens (tertiary/aromatic N) is 2. The van der Waals surface area contributed by atoms with Crippen molar-refractivity contribution < 1.29 is 4.79 Å². The molecule has 0 saturated carbocycles. The molecule has 0 bridgehead atoms. The van der Waals surface area contributed by atoms with Gasteiger partial charge in [0.1, 0.15) is 10.7 Å². The molecule has 0 N–H and O–H groups in total. The lowest BCUT2D eigenvalue weighted by Gasteiger charge is -2.07. The van der Waals surface area contributed by atoms with E-state index in [0.717, 1.165) is 10.6 Å². The van der Waals surface area contributed by atoms with Gasteiger partial charge < -0.3 is 4.90 Å². The van der Waals surface area contributed by atoms with Gasteiger partial charge >= 0.3 is 0 Å². The fourth-order valence-corrected chi connectivity index (χ4v) is 2.54. The number of carbonyl (C=O) groups is 1. The zero-order valence-corrected chi connectivity index (χ0v) is 12.5. The number of amides is 1. The Morgan fingerprint density at radius 3 is 2.37 bits per heavy atom. The molecule has 2 aromatic rings. The quantitative estimate of drug-likeness (QED) is 0.856. The maximum Gasteiger partial charge on any atom is 0.272 e. The van der Waals surface area contributed by atoms with Crippen LogP contribution in [0.25, 0.3) is 10.6 Å².